The molecule has 0 spiro atoms. The lowest BCUT2D eigenvalue weighted by molar-refractivity contribution is -0.145. The van der Waals surface area contributed by atoms with E-state index in [-0.39, 0.29) is 0 Å². The van der Waals surface area contributed by atoms with Gasteiger partial charge >= 0.3 is 18.0 Å². The monoisotopic (exact) mass is 288 g/mol. The number of carboxylic acids is 2. The second kappa shape index (κ2) is 7.68. The van der Waals surface area contributed by atoms with Gasteiger partial charge in [0, 0.05) is 26.8 Å². The summed E-state index contributed by atoms with van der Waals surface area (Å²) in [5.74, 6) is -2.22. The van der Waals surface area contributed by atoms with E-state index < -0.39 is 30.4 Å². The van der Waals surface area contributed by atoms with E-state index in [9.17, 15) is 14.4 Å². The Balaban J connectivity index is 2.45. The summed E-state index contributed by atoms with van der Waals surface area (Å²) >= 11 is 0. The van der Waals surface area contributed by atoms with Crippen molar-refractivity contribution in [2.24, 2.45) is 5.92 Å². The molecular formula is C12H20N2O6. The third-order valence-corrected chi connectivity index (χ3v) is 3.28. The lowest BCUT2D eigenvalue weighted by atomic mass is 9.98. The van der Waals surface area contributed by atoms with Crippen molar-refractivity contribution >= 4 is 18.0 Å². The van der Waals surface area contributed by atoms with Crippen molar-refractivity contribution in [3.63, 3.8) is 0 Å². The zero-order valence-corrected chi connectivity index (χ0v) is 11.4. The van der Waals surface area contributed by atoms with Crippen LogP contribution >= 0.6 is 0 Å². The molecule has 0 bridgehead atoms. The lowest BCUT2D eigenvalue weighted by Gasteiger charge is -2.32. The van der Waals surface area contributed by atoms with Crippen molar-refractivity contribution in [2.75, 3.05) is 26.8 Å². The normalized spacial score (nSPS) is 17.6. The summed E-state index contributed by atoms with van der Waals surface area (Å²) in [5.41, 5.74) is 0. The van der Waals surface area contributed by atoms with Crippen LogP contribution in [0.25, 0.3) is 0 Å². The number of hydrogen-bond donors (Lipinski definition) is 3. The number of hydrogen-bond acceptors (Lipinski definition) is 4. The first-order valence-corrected chi connectivity index (χ1v) is 6.43. The molecule has 1 rings (SSSR count). The molecule has 114 valence electrons. The second-order valence-electron chi connectivity index (χ2n) is 4.82. The molecule has 1 saturated heterocycles. The maximum atomic E-state index is 11.9. The van der Waals surface area contributed by atoms with Crippen LogP contribution in [0, 0.1) is 5.92 Å². The number of carbonyl (C=O) groups is 3. The topological polar surface area (TPSA) is 116 Å². The zero-order chi connectivity index (χ0) is 15.1. The minimum Gasteiger partial charge on any atom is -0.481 e. The number of aliphatic carboxylic acids is 2. The van der Waals surface area contributed by atoms with Crippen LogP contribution in [0.2, 0.25) is 0 Å². The van der Waals surface area contributed by atoms with Gasteiger partial charge in [0.25, 0.3) is 0 Å². The number of ether oxygens (including phenoxy) is 1. The van der Waals surface area contributed by atoms with E-state index in [2.05, 4.69) is 5.32 Å². The SMILES string of the molecule is COCC1CCN(C(=O)N[C@H](CC(=O)O)C(=O)O)CC1. The number of nitrogens with one attached hydrogen (secondary N) is 1. The molecule has 1 aliphatic rings. The molecule has 1 heterocycles. The van der Waals surface area contributed by atoms with Gasteiger partial charge in [-0.15, -0.1) is 0 Å². The molecule has 1 atom stereocenters. The average Bonchev–Trinajstić information content (AvgIpc) is 2.38. The Morgan fingerprint density at radius 1 is 1.30 bits per heavy atom. The molecule has 0 unspecified atom stereocenters. The standard InChI is InChI=1S/C12H20N2O6/c1-20-7-8-2-4-14(5-3-8)12(19)13-9(11(17)18)6-10(15)16/h8-9H,2-7H2,1H3,(H,13,19)(H,15,16)(H,17,18)/t9-/m1/s1. The lowest BCUT2D eigenvalue weighted by Crippen LogP contribution is -2.51. The highest BCUT2D eigenvalue weighted by Crippen LogP contribution is 2.17. The van der Waals surface area contributed by atoms with Crippen LogP contribution in [0.3, 0.4) is 0 Å². The predicted octanol–water partition coefficient (Wildman–Crippen LogP) is -0.0177. The van der Waals surface area contributed by atoms with Crippen molar-refractivity contribution in [1.82, 2.24) is 10.2 Å². The average molecular weight is 288 g/mol. The maximum absolute atomic E-state index is 11.9. The van der Waals surface area contributed by atoms with Crippen LogP contribution < -0.4 is 5.32 Å². The van der Waals surface area contributed by atoms with Gasteiger partial charge < -0.3 is 25.2 Å². The molecule has 0 aromatic heterocycles. The second-order valence-corrected chi connectivity index (χ2v) is 4.82. The predicted molar refractivity (Wildman–Crippen MR) is 68.4 cm³/mol. The van der Waals surface area contributed by atoms with Crippen molar-refractivity contribution in [2.45, 2.75) is 25.3 Å². The van der Waals surface area contributed by atoms with E-state index in [1.165, 1.54) is 4.90 Å². The van der Waals surface area contributed by atoms with E-state index in [0.29, 0.717) is 25.6 Å². The summed E-state index contributed by atoms with van der Waals surface area (Å²) in [4.78, 5) is 34.8. The molecule has 2 amide bonds. The molecule has 0 saturated carbocycles. The van der Waals surface area contributed by atoms with E-state index in [1.807, 2.05) is 0 Å². The van der Waals surface area contributed by atoms with Crippen molar-refractivity contribution in [1.29, 1.82) is 0 Å². The Labute approximate surface area is 116 Å². The van der Waals surface area contributed by atoms with Gasteiger partial charge in [0.1, 0.15) is 6.04 Å². The van der Waals surface area contributed by atoms with E-state index in [1.54, 1.807) is 7.11 Å². The number of carboxylic acid groups (broad SMARTS) is 2. The van der Waals surface area contributed by atoms with Gasteiger partial charge in [-0.25, -0.2) is 9.59 Å². The first-order valence-electron chi connectivity index (χ1n) is 6.43. The van der Waals surface area contributed by atoms with Gasteiger partial charge in [0.2, 0.25) is 0 Å². The molecule has 8 nitrogen and oxygen atoms in total. The Bertz CT molecular complexity index is 365. The summed E-state index contributed by atoms with van der Waals surface area (Å²) in [5, 5.41) is 19.7. The van der Waals surface area contributed by atoms with Gasteiger partial charge in [-0.3, -0.25) is 4.79 Å². The minimum absolute atomic E-state index is 0.401. The molecule has 0 aromatic carbocycles. The molecular weight excluding hydrogens is 268 g/mol. The van der Waals surface area contributed by atoms with E-state index in [0.717, 1.165) is 12.8 Å². The Morgan fingerprint density at radius 3 is 2.35 bits per heavy atom. The number of urea groups is 1. The Kier molecular flexibility index (Phi) is 6.23. The summed E-state index contributed by atoms with van der Waals surface area (Å²) in [7, 11) is 1.63. The molecule has 0 radical (unpaired) electrons. The quantitative estimate of drug-likeness (QED) is 0.632. The molecule has 0 aliphatic carbocycles. The Morgan fingerprint density at radius 2 is 1.90 bits per heavy atom. The van der Waals surface area contributed by atoms with Crippen LogP contribution in [0.1, 0.15) is 19.3 Å². The van der Waals surface area contributed by atoms with E-state index >= 15 is 0 Å². The maximum Gasteiger partial charge on any atom is 0.326 e. The highest BCUT2D eigenvalue weighted by molar-refractivity contribution is 5.86. The number of rotatable bonds is 6. The van der Waals surface area contributed by atoms with E-state index in [4.69, 9.17) is 14.9 Å². The van der Waals surface area contributed by atoms with Gasteiger partial charge in [-0.2, -0.15) is 0 Å². The van der Waals surface area contributed by atoms with Crippen molar-refractivity contribution < 1.29 is 29.3 Å². The highest BCUT2D eigenvalue weighted by Gasteiger charge is 2.28. The first kappa shape index (κ1) is 16.2. The molecule has 1 fully saturated rings. The summed E-state index contributed by atoms with van der Waals surface area (Å²) in [6.45, 7) is 1.67. The molecule has 1 aliphatic heterocycles. The third-order valence-electron chi connectivity index (χ3n) is 3.28. The molecule has 3 N–H and O–H groups in total. The van der Waals surface area contributed by atoms with Crippen LogP contribution in [0.15, 0.2) is 0 Å². The van der Waals surface area contributed by atoms with Crippen LogP contribution in [-0.2, 0) is 14.3 Å². The zero-order valence-electron chi connectivity index (χ0n) is 11.4. The number of methoxy groups -OCH3 is 1. The van der Waals surface area contributed by atoms with Crippen molar-refractivity contribution in [3.05, 3.63) is 0 Å². The molecule has 0 aromatic rings. The fraction of sp³-hybridized carbons (Fsp3) is 0.750. The highest BCUT2D eigenvalue weighted by atomic mass is 16.5. The molecule has 20 heavy (non-hydrogen) atoms. The number of carbonyl (C=O) groups excluding carboxylic acids is 1. The summed E-state index contributed by atoms with van der Waals surface area (Å²) in [6, 6.07) is -1.94. The number of piperidine rings is 1. The first-order chi connectivity index (χ1) is 9.43. The number of nitrogens with zero attached hydrogens (tertiary/aromatic N) is 1. The smallest absolute Gasteiger partial charge is 0.326 e. The van der Waals surface area contributed by atoms with Crippen molar-refractivity contribution in [3.8, 4) is 0 Å². The van der Waals surface area contributed by atoms with Gasteiger partial charge in [-0.05, 0) is 18.8 Å². The van der Waals surface area contributed by atoms with Crippen LogP contribution in [-0.4, -0.2) is 65.9 Å². The fourth-order valence-electron chi connectivity index (χ4n) is 2.15. The summed E-state index contributed by atoms with van der Waals surface area (Å²) in [6.07, 6.45) is 0.942. The minimum atomic E-state index is -1.41. The Hall–Kier alpha value is -1.83. The summed E-state index contributed by atoms with van der Waals surface area (Å²) < 4.78 is 5.05. The van der Waals surface area contributed by atoms with Crippen LogP contribution in [0.5, 0.6) is 0 Å². The number of amides is 2. The fourth-order valence-corrected chi connectivity index (χ4v) is 2.15. The number of likely N-dealkylation sites (tertiary alicyclic amines) is 1. The third kappa shape index (κ3) is 5.04. The van der Waals surface area contributed by atoms with Gasteiger partial charge in [0.15, 0.2) is 0 Å². The molecule has 8 heteroatoms. The van der Waals surface area contributed by atoms with Gasteiger partial charge in [0.05, 0.1) is 6.42 Å². The largest absolute Gasteiger partial charge is 0.481 e. The van der Waals surface area contributed by atoms with Gasteiger partial charge in [-0.1, -0.05) is 0 Å². The van der Waals surface area contributed by atoms with Crippen LogP contribution in [0.4, 0.5) is 4.79 Å².